The van der Waals surface area contributed by atoms with Gasteiger partial charge >= 0.3 is 0 Å². The maximum absolute atomic E-state index is 11.9. The van der Waals surface area contributed by atoms with Gasteiger partial charge in [-0.05, 0) is 26.2 Å². The summed E-state index contributed by atoms with van der Waals surface area (Å²) in [7, 11) is -3.50. The molecule has 1 aliphatic rings. The molecule has 0 aromatic heterocycles. The van der Waals surface area contributed by atoms with Crippen LogP contribution in [0.15, 0.2) is 0 Å². The lowest BCUT2D eigenvalue weighted by Crippen LogP contribution is -2.50. The van der Waals surface area contributed by atoms with Crippen LogP contribution in [0.2, 0.25) is 0 Å². The van der Waals surface area contributed by atoms with Crippen molar-refractivity contribution in [1.82, 2.24) is 5.48 Å². The average Bonchev–Trinajstić information content (AvgIpc) is 2.34. The minimum absolute atomic E-state index is 0.187. The van der Waals surface area contributed by atoms with E-state index in [2.05, 4.69) is 5.48 Å². The number of carbonyl (C=O) groups excluding carboxylic acids is 1. The Labute approximate surface area is 108 Å². The zero-order valence-electron chi connectivity index (χ0n) is 11.1. The van der Waals surface area contributed by atoms with Crippen molar-refractivity contribution in [2.45, 2.75) is 50.6 Å². The smallest absolute Gasteiger partial charge is 0.264 e. The number of hydroxylamine groups is 1. The second kappa shape index (κ2) is 5.99. The van der Waals surface area contributed by atoms with Gasteiger partial charge in [0.2, 0.25) is 0 Å². The van der Waals surface area contributed by atoms with Crippen LogP contribution in [0.5, 0.6) is 0 Å². The van der Waals surface area contributed by atoms with E-state index in [9.17, 15) is 13.2 Å². The first-order valence-corrected chi connectivity index (χ1v) is 7.97. The van der Waals surface area contributed by atoms with Crippen LogP contribution in [0.1, 0.15) is 39.5 Å². The normalized spacial score (nSPS) is 24.3. The maximum atomic E-state index is 11.9. The third kappa shape index (κ3) is 3.43. The molecule has 0 bridgehead atoms. The summed E-state index contributed by atoms with van der Waals surface area (Å²) in [4.78, 5) is 17.0. The summed E-state index contributed by atoms with van der Waals surface area (Å²) in [6, 6.07) is 0. The summed E-state index contributed by atoms with van der Waals surface area (Å²) in [6.45, 7) is 3.64. The highest BCUT2D eigenvalue weighted by molar-refractivity contribution is 7.92. The van der Waals surface area contributed by atoms with Crippen LogP contribution in [0.25, 0.3) is 0 Å². The Bertz CT molecular complexity index is 388. The largest absolute Gasteiger partial charge is 0.350 e. The Morgan fingerprint density at radius 2 is 2.17 bits per heavy atom. The molecule has 1 saturated heterocycles. The first-order valence-electron chi connectivity index (χ1n) is 6.08. The number of amides is 1. The lowest BCUT2D eigenvalue weighted by molar-refractivity contribution is -0.201. The van der Waals surface area contributed by atoms with Crippen LogP contribution in [0.3, 0.4) is 0 Å². The van der Waals surface area contributed by atoms with Crippen molar-refractivity contribution in [3.8, 4) is 0 Å². The second-order valence-corrected chi connectivity index (χ2v) is 7.15. The standard InChI is InChI=1S/C11H21NO5S/c1-4-11(2,18(3,14)15)10(13)12-17-9-7-5-6-8-16-9/h9H,4-8H2,1-3H3,(H,12,13)/t9-,11?/m1/s1. The minimum atomic E-state index is -3.50. The SMILES string of the molecule is CCC(C)(C(=O)NO[C@@H]1CCCCO1)S(C)(=O)=O. The average molecular weight is 279 g/mol. The molecular formula is C11H21NO5S. The molecule has 18 heavy (non-hydrogen) atoms. The zero-order valence-corrected chi connectivity index (χ0v) is 11.9. The zero-order chi connectivity index (χ0) is 13.8. The molecule has 2 atom stereocenters. The van der Waals surface area contributed by atoms with Crippen molar-refractivity contribution in [2.75, 3.05) is 12.9 Å². The molecule has 1 heterocycles. The molecule has 7 heteroatoms. The summed E-state index contributed by atoms with van der Waals surface area (Å²) < 4.78 is 27.1. The van der Waals surface area contributed by atoms with Gasteiger partial charge in [0.1, 0.15) is 4.75 Å². The van der Waals surface area contributed by atoms with Gasteiger partial charge in [-0.25, -0.2) is 18.7 Å². The van der Waals surface area contributed by atoms with E-state index in [1.54, 1.807) is 6.92 Å². The second-order valence-electron chi connectivity index (χ2n) is 4.70. The monoisotopic (exact) mass is 279 g/mol. The van der Waals surface area contributed by atoms with E-state index in [1.807, 2.05) is 0 Å². The maximum Gasteiger partial charge on any atom is 0.264 e. The van der Waals surface area contributed by atoms with Gasteiger partial charge < -0.3 is 4.74 Å². The molecule has 1 amide bonds. The lowest BCUT2D eigenvalue weighted by Gasteiger charge is -2.27. The Morgan fingerprint density at radius 1 is 1.50 bits per heavy atom. The first kappa shape index (κ1) is 15.4. The number of carbonyl (C=O) groups is 1. The molecule has 0 aromatic rings. The molecular weight excluding hydrogens is 258 g/mol. The predicted octanol–water partition coefficient (Wildman–Crippen LogP) is 0.774. The van der Waals surface area contributed by atoms with Crippen LogP contribution in [0.4, 0.5) is 0 Å². The number of ether oxygens (including phenoxy) is 1. The van der Waals surface area contributed by atoms with E-state index in [4.69, 9.17) is 9.57 Å². The summed E-state index contributed by atoms with van der Waals surface area (Å²) in [5.74, 6) is -0.651. The third-order valence-electron chi connectivity index (χ3n) is 3.39. The van der Waals surface area contributed by atoms with Gasteiger partial charge in [0.15, 0.2) is 16.1 Å². The van der Waals surface area contributed by atoms with Crippen molar-refractivity contribution >= 4 is 15.7 Å². The molecule has 1 fully saturated rings. The molecule has 0 radical (unpaired) electrons. The highest BCUT2D eigenvalue weighted by atomic mass is 32.2. The molecule has 0 aromatic carbocycles. The molecule has 0 saturated carbocycles. The fraction of sp³-hybridized carbons (Fsp3) is 0.909. The van der Waals surface area contributed by atoms with E-state index < -0.39 is 26.8 Å². The Balaban J connectivity index is 2.58. The molecule has 1 unspecified atom stereocenters. The molecule has 0 spiro atoms. The van der Waals surface area contributed by atoms with E-state index in [0.717, 1.165) is 19.1 Å². The highest BCUT2D eigenvalue weighted by Crippen LogP contribution is 2.21. The lowest BCUT2D eigenvalue weighted by atomic mass is 10.1. The van der Waals surface area contributed by atoms with Gasteiger partial charge in [-0.2, -0.15) is 0 Å². The summed E-state index contributed by atoms with van der Waals surface area (Å²) >= 11 is 0. The van der Waals surface area contributed by atoms with Crippen molar-refractivity contribution in [2.24, 2.45) is 0 Å². The summed E-state index contributed by atoms with van der Waals surface area (Å²) in [5.41, 5.74) is 2.21. The Kier molecular flexibility index (Phi) is 5.12. The van der Waals surface area contributed by atoms with Crippen LogP contribution < -0.4 is 5.48 Å². The van der Waals surface area contributed by atoms with Gasteiger partial charge in [0.25, 0.3) is 5.91 Å². The van der Waals surface area contributed by atoms with Gasteiger partial charge in [-0.3, -0.25) is 4.79 Å². The van der Waals surface area contributed by atoms with Crippen molar-refractivity contribution in [3.05, 3.63) is 0 Å². The Hall–Kier alpha value is -0.660. The van der Waals surface area contributed by atoms with Crippen LogP contribution in [-0.4, -0.2) is 38.2 Å². The number of rotatable bonds is 5. The third-order valence-corrected chi connectivity index (χ3v) is 5.51. The van der Waals surface area contributed by atoms with E-state index >= 15 is 0 Å². The highest BCUT2D eigenvalue weighted by Gasteiger charge is 2.42. The van der Waals surface area contributed by atoms with Gasteiger partial charge in [0.05, 0.1) is 0 Å². The van der Waals surface area contributed by atoms with E-state index in [-0.39, 0.29) is 6.42 Å². The molecule has 0 aliphatic carbocycles. The number of hydrogen-bond donors (Lipinski definition) is 1. The van der Waals surface area contributed by atoms with E-state index in [1.165, 1.54) is 6.92 Å². The quantitative estimate of drug-likeness (QED) is 0.752. The van der Waals surface area contributed by atoms with Gasteiger partial charge in [-0.15, -0.1) is 0 Å². The fourth-order valence-corrected chi connectivity index (χ4v) is 2.53. The summed E-state index contributed by atoms with van der Waals surface area (Å²) in [6.07, 6.45) is 3.40. The molecule has 1 N–H and O–H groups in total. The van der Waals surface area contributed by atoms with Crippen LogP contribution in [-0.2, 0) is 24.2 Å². The van der Waals surface area contributed by atoms with Crippen molar-refractivity contribution in [3.63, 3.8) is 0 Å². The van der Waals surface area contributed by atoms with Crippen molar-refractivity contribution in [1.29, 1.82) is 0 Å². The first-order chi connectivity index (χ1) is 8.31. The Morgan fingerprint density at radius 3 is 2.61 bits per heavy atom. The molecule has 6 nitrogen and oxygen atoms in total. The molecule has 1 aliphatic heterocycles. The summed E-state index contributed by atoms with van der Waals surface area (Å²) in [5, 5.41) is 0. The molecule has 1 rings (SSSR count). The van der Waals surface area contributed by atoms with Gasteiger partial charge in [0, 0.05) is 19.3 Å². The van der Waals surface area contributed by atoms with E-state index in [0.29, 0.717) is 13.0 Å². The predicted molar refractivity (Wildman–Crippen MR) is 66.4 cm³/mol. The number of nitrogens with one attached hydrogen (secondary N) is 1. The van der Waals surface area contributed by atoms with Crippen molar-refractivity contribution < 1.29 is 22.8 Å². The van der Waals surface area contributed by atoms with Gasteiger partial charge in [-0.1, -0.05) is 6.92 Å². The van der Waals surface area contributed by atoms with Crippen LogP contribution >= 0.6 is 0 Å². The molecule has 106 valence electrons. The fourth-order valence-electron chi connectivity index (χ4n) is 1.62. The number of sulfone groups is 1. The number of hydrogen-bond acceptors (Lipinski definition) is 5. The minimum Gasteiger partial charge on any atom is -0.350 e. The van der Waals surface area contributed by atoms with Crippen LogP contribution in [0, 0.1) is 0 Å². The topological polar surface area (TPSA) is 81.7 Å².